The second-order valence-corrected chi connectivity index (χ2v) is 7.27. The molecule has 0 saturated carbocycles. The summed E-state index contributed by atoms with van der Waals surface area (Å²) < 4.78 is 25.3. The van der Waals surface area contributed by atoms with Crippen LogP contribution < -0.4 is 10.2 Å². The minimum Gasteiger partial charge on any atom is -0.371 e. The Labute approximate surface area is 164 Å². The molecule has 3 aromatic rings. The number of hydrogen-bond donors (Lipinski definition) is 1. The summed E-state index contributed by atoms with van der Waals surface area (Å²) in [7, 11) is 0. The van der Waals surface area contributed by atoms with Gasteiger partial charge in [-0.25, -0.2) is 13.8 Å². The lowest BCUT2D eigenvalue weighted by Gasteiger charge is -2.19. The second kappa shape index (κ2) is 7.97. The zero-order valence-electron chi connectivity index (χ0n) is 14.8. The van der Waals surface area contributed by atoms with Crippen LogP contribution in [0.25, 0.3) is 10.6 Å². The Morgan fingerprint density at radius 2 is 2.00 bits per heavy atom. The normalized spacial score (nSPS) is 13.9. The fourth-order valence-electron chi connectivity index (χ4n) is 3.06. The smallest absolute Gasteiger partial charge is 0.280 e. The van der Waals surface area contributed by atoms with Gasteiger partial charge in [0.25, 0.3) is 12.3 Å². The van der Waals surface area contributed by atoms with Crippen molar-refractivity contribution < 1.29 is 13.6 Å². The number of thiazole rings is 1. The number of alkyl halides is 2. The van der Waals surface area contributed by atoms with E-state index in [0.29, 0.717) is 11.4 Å². The molecule has 4 heterocycles. The zero-order valence-corrected chi connectivity index (χ0v) is 15.6. The maximum Gasteiger partial charge on any atom is 0.280 e. The van der Waals surface area contributed by atoms with Crippen molar-refractivity contribution in [2.75, 3.05) is 23.3 Å². The summed E-state index contributed by atoms with van der Waals surface area (Å²) in [5, 5.41) is 2.68. The summed E-state index contributed by atoms with van der Waals surface area (Å²) in [5.74, 6) is -0.418. The third-order valence-corrected chi connectivity index (χ3v) is 5.26. The van der Waals surface area contributed by atoms with Crippen molar-refractivity contribution in [3.8, 4) is 10.6 Å². The minimum atomic E-state index is -2.65. The van der Waals surface area contributed by atoms with Gasteiger partial charge in [0, 0.05) is 25.0 Å². The summed E-state index contributed by atoms with van der Waals surface area (Å²) >= 11 is 1.45. The highest BCUT2D eigenvalue weighted by Gasteiger charge is 2.18. The van der Waals surface area contributed by atoms with Crippen molar-refractivity contribution in [3.63, 3.8) is 0 Å². The van der Waals surface area contributed by atoms with Gasteiger partial charge in [0.15, 0.2) is 0 Å². The van der Waals surface area contributed by atoms with Crippen molar-refractivity contribution in [2.24, 2.45) is 0 Å². The molecule has 3 aromatic heterocycles. The summed E-state index contributed by atoms with van der Waals surface area (Å²) in [6.45, 7) is 1.87. The summed E-state index contributed by atoms with van der Waals surface area (Å²) in [4.78, 5) is 28.1. The van der Waals surface area contributed by atoms with E-state index in [0.717, 1.165) is 36.5 Å². The quantitative estimate of drug-likeness (QED) is 0.687. The minimum absolute atomic E-state index is 0.255. The van der Waals surface area contributed by atoms with Gasteiger partial charge in [-0.1, -0.05) is 0 Å². The van der Waals surface area contributed by atoms with Crippen LogP contribution in [0.2, 0.25) is 0 Å². The Kier molecular flexibility index (Phi) is 5.25. The molecule has 0 spiro atoms. The SMILES string of the molecule is O=C(Nc1ccc(C(F)F)nc1)c1cc(N2CCCC2)cc(-c2cncs2)n1. The standard InChI is InChI=1S/C19H17F2N5OS/c20-18(21)14-4-3-12(9-23-14)24-19(27)16-8-13(26-5-1-2-6-26)7-15(25-16)17-10-22-11-28-17/h3-4,7-11,18H,1-2,5-6H2,(H,24,27). The van der Waals surface area contributed by atoms with Crippen LogP contribution in [0.4, 0.5) is 20.2 Å². The van der Waals surface area contributed by atoms with Crippen LogP contribution in [-0.4, -0.2) is 33.9 Å². The van der Waals surface area contributed by atoms with E-state index < -0.39 is 12.3 Å². The van der Waals surface area contributed by atoms with Crippen LogP contribution in [0, 0.1) is 0 Å². The topological polar surface area (TPSA) is 71.0 Å². The zero-order chi connectivity index (χ0) is 19.5. The lowest BCUT2D eigenvalue weighted by molar-refractivity contribution is 0.102. The largest absolute Gasteiger partial charge is 0.371 e. The number of carbonyl (C=O) groups excluding carboxylic acids is 1. The number of rotatable bonds is 5. The van der Waals surface area contributed by atoms with Crippen molar-refractivity contribution >= 4 is 28.6 Å². The third kappa shape index (κ3) is 3.99. The Morgan fingerprint density at radius 3 is 2.64 bits per heavy atom. The number of amides is 1. The van der Waals surface area contributed by atoms with E-state index in [2.05, 4.69) is 25.2 Å². The van der Waals surface area contributed by atoms with Crippen LogP contribution in [0.5, 0.6) is 0 Å². The number of halogens is 2. The number of hydrogen-bond acceptors (Lipinski definition) is 6. The lowest BCUT2D eigenvalue weighted by atomic mass is 10.2. The maximum atomic E-state index is 12.7. The predicted octanol–water partition coefficient (Wildman–Crippen LogP) is 4.39. The molecule has 0 bridgehead atoms. The number of pyridine rings is 2. The van der Waals surface area contributed by atoms with Gasteiger partial charge in [0.2, 0.25) is 0 Å². The number of carbonyl (C=O) groups is 1. The van der Waals surface area contributed by atoms with Crippen LogP contribution >= 0.6 is 11.3 Å². The van der Waals surface area contributed by atoms with Crippen molar-refractivity contribution in [3.05, 3.63) is 53.6 Å². The van der Waals surface area contributed by atoms with Gasteiger partial charge in [-0.3, -0.25) is 14.8 Å². The highest BCUT2D eigenvalue weighted by Crippen LogP contribution is 2.29. The Morgan fingerprint density at radius 1 is 1.18 bits per heavy atom. The van der Waals surface area contributed by atoms with Gasteiger partial charge in [-0.05, 0) is 37.1 Å². The molecule has 1 aliphatic rings. The van der Waals surface area contributed by atoms with Crippen LogP contribution in [0.1, 0.15) is 35.4 Å². The number of nitrogens with zero attached hydrogens (tertiary/aromatic N) is 4. The van der Waals surface area contributed by atoms with Gasteiger partial charge in [-0.15, -0.1) is 11.3 Å². The number of aromatic nitrogens is 3. The second-order valence-electron chi connectivity index (χ2n) is 6.38. The molecule has 144 valence electrons. The van der Waals surface area contributed by atoms with E-state index in [1.54, 1.807) is 17.8 Å². The van der Waals surface area contributed by atoms with Gasteiger partial charge in [0.05, 0.1) is 28.0 Å². The van der Waals surface area contributed by atoms with Crippen molar-refractivity contribution in [1.82, 2.24) is 15.0 Å². The van der Waals surface area contributed by atoms with Gasteiger partial charge in [0.1, 0.15) is 11.4 Å². The molecule has 0 unspecified atom stereocenters. The van der Waals surface area contributed by atoms with Crippen molar-refractivity contribution in [2.45, 2.75) is 19.3 Å². The first-order valence-electron chi connectivity index (χ1n) is 8.81. The molecular formula is C19H17F2N5OS. The highest BCUT2D eigenvalue weighted by molar-refractivity contribution is 7.13. The van der Waals surface area contributed by atoms with E-state index in [1.807, 2.05) is 6.07 Å². The average Bonchev–Trinajstić information content (AvgIpc) is 3.42. The first-order chi connectivity index (χ1) is 13.6. The molecule has 1 N–H and O–H groups in total. The molecule has 0 aliphatic carbocycles. The Balaban J connectivity index is 1.62. The Bertz CT molecular complexity index is 957. The highest BCUT2D eigenvalue weighted by atomic mass is 32.1. The van der Waals surface area contributed by atoms with Crippen molar-refractivity contribution in [1.29, 1.82) is 0 Å². The van der Waals surface area contributed by atoms with E-state index >= 15 is 0 Å². The first kappa shape index (κ1) is 18.4. The van der Waals surface area contributed by atoms with Crippen LogP contribution in [0.15, 0.2) is 42.2 Å². The summed E-state index contributed by atoms with van der Waals surface area (Å²) in [5.41, 5.74) is 3.60. The molecular weight excluding hydrogens is 384 g/mol. The first-order valence-corrected chi connectivity index (χ1v) is 9.69. The molecule has 0 atom stereocenters. The fraction of sp³-hybridized carbons (Fsp3) is 0.263. The molecule has 1 aliphatic heterocycles. The molecule has 1 saturated heterocycles. The number of nitrogens with one attached hydrogen (secondary N) is 1. The Hall–Kier alpha value is -2.94. The summed E-state index contributed by atoms with van der Waals surface area (Å²) in [6, 6.07) is 6.32. The molecule has 0 aromatic carbocycles. The fourth-order valence-corrected chi connectivity index (χ4v) is 3.64. The molecule has 0 radical (unpaired) electrons. The van der Waals surface area contributed by atoms with Gasteiger partial charge < -0.3 is 10.2 Å². The molecule has 1 fully saturated rings. The molecule has 4 rings (SSSR count). The number of anilines is 2. The van der Waals surface area contributed by atoms with Gasteiger partial charge >= 0.3 is 0 Å². The summed E-state index contributed by atoms with van der Waals surface area (Å²) in [6.07, 6.45) is 2.51. The van der Waals surface area contributed by atoms with E-state index in [-0.39, 0.29) is 11.4 Å². The monoisotopic (exact) mass is 401 g/mol. The van der Waals surface area contributed by atoms with E-state index in [4.69, 9.17) is 0 Å². The maximum absolute atomic E-state index is 12.7. The van der Waals surface area contributed by atoms with Crippen LogP contribution in [-0.2, 0) is 0 Å². The predicted molar refractivity (Wildman–Crippen MR) is 104 cm³/mol. The van der Waals surface area contributed by atoms with Crippen LogP contribution in [0.3, 0.4) is 0 Å². The molecule has 6 nitrogen and oxygen atoms in total. The molecule has 9 heteroatoms. The molecule has 28 heavy (non-hydrogen) atoms. The molecule has 1 amide bonds. The third-order valence-electron chi connectivity index (χ3n) is 4.47. The van der Waals surface area contributed by atoms with E-state index in [9.17, 15) is 13.6 Å². The lowest BCUT2D eigenvalue weighted by Crippen LogP contribution is -2.20. The van der Waals surface area contributed by atoms with E-state index in [1.165, 1.54) is 29.7 Å². The van der Waals surface area contributed by atoms with Gasteiger partial charge in [-0.2, -0.15) is 0 Å². The average molecular weight is 401 g/mol.